The first-order chi connectivity index (χ1) is 14.0. The van der Waals surface area contributed by atoms with Gasteiger partial charge in [-0.1, -0.05) is 37.3 Å². The Hall–Kier alpha value is -3.35. The highest BCUT2D eigenvalue weighted by molar-refractivity contribution is 5.92. The lowest BCUT2D eigenvalue weighted by Crippen LogP contribution is -2.46. The van der Waals surface area contributed by atoms with Crippen LogP contribution in [0.4, 0.5) is 0 Å². The van der Waals surface area contributed by atoms with Crippen LogP contribution in [0.25, 0.3) is 0 Å². The van der Waals surface area contributed by atoms with Crippen molar-refractivity contribution in [3.8, 4) is 5.75 Å². The van der Waals surface area contributed by atoms with Crippen molar-refractivity contribution >= 4 is 17.8 Å². The van der Waals surface area contributed by atoms with E-state index in [1.54, 1.807) is 31.2 Å². The third-order valence-corrected chi connectivity index (χ3v) is 3.99. The summed E-state index contributed by atoms with van der Waals surface area (Å²) in [5, 5.41) is 5.17. The fraction of sp³-hybridized carbons (Fsp3) is 0.318. The molecule has 0 heterocycles. The number of nitrogens with one attached hydrogen (secondary N) is 2. The van der Waals surface area contributed by atoms with Crippen molar-refractivity contribution in [2.45, 2.75) is 32.9 Å². The van der Waals surface area contributed by atoms with Crippen LogP contribution in [0.15, 0.2) is 54.6 Å². The van der Waals surface area contributed by atoms with Gasteiger partial charge in [0.15, 0.2) is 6.61 Å². The van der Waals surface area contributed by atoms with E-state index in [2.05, 4.69) is 10.6 Å². The quantitative estimate of drug-likeness (QED) is 0.600. The van der Waals surface area contributed by atoms with E-state index in [0.29, 0.717) is 24.5 Å². The smallest absolute Gasteiger partial charge is 0.338 e. The number of ether oxygens (including phenoxy) is 2. The molecular formula is C22H26N2O5. The Morgan fingerprint density at radius 1 is 1.00 bits per heavy atom. The van der Waals surface area contributed by atoms with Gasteiger partial charge >= 0.3 is 5.97 Å². The fourth-order valence-corrected chi connectivity index (χ4v) is 2.39. The predicted octanol–water partition coefficient (Wildman–Crippen LogP) is 2.45. The van der Waals surface area contributed by atoms with Gasteiger partial charge in [-0.2, -0.15) is 0 Å². The summed E-state index contributed by atoms with van der Waals surface area (Å²) >= 11 is 0. The van der Waals surface area contributed by atoms with Crippen LogP contribution in [-0.2, 0) is 20.9 Å². The second kappa shape index (κ2) is 11.5. The highest BCUT2D eigenvalue weighted by Crippen LogP contribution is 2.15. The van der Waals surface area contributed by atoms with E-state index in [1.807, 2.05) is 37.3 Å². The second-order valence-electron chi connectivity index (χ2n) is 6.46. The number of hydrogen-bond acceptors (Lipinski definition) is 5. The van der Waals surface area contributed by atoms with Crippen LogP contribution < -0.4 is 15.4 Å². The molecule has 2 N–H and O–H groups in total. The summed E-state index contributed by atoms with van der Waals surface area (Å²) in [6.07, 6.45) is 0.806. The van der Waals surface area contributed by atoms with Crippen LogP contribution >= 0.6 is 0 Å². The number of carbonyl (C=O) groups is 3. The van der Waals surface area contributed by atoms with Gasteiger partial charge in [0.05, 0.1) is 5.56 Å². The van der Waals surface area contributed by atoms with Crippen molar-refractivity contribution < 1.29 is 23.9 Å². The average Bonchev–Trinajstić information content (AvgIpc) is 2.75. The molecule has 0 unspecified atom stereocenters. The third-order valence-electron chi connectivity index (χ3n) is 3.99. The Labute approximate surface area is 170 Å². The van der Waals surface area contributed by atoms with Crippen LogP contribution in [0.3, 0.4) is 0 Å². The minimum absolute atomic E-state index is 0.280. The van der Waals surface area contributed by atoms with E-state index in [-0.39, 0.29) is 5.91 Å². The lowest BCUT2D eigenvalue weighted by atomic mass is 10.2. The summed E-state index contributed by atoms with van der Waals surface area (Å²) in [4.78, 5) is 35.7. The molecule has 0 aliphatic rings. The fourth-order valence-electron chi connectivity index (χ4n) is 2.39. The summed E-state index contributed by atoms with van der Waals surface area (Å²) < 4.78 is 10.7. The molecule has 7 nitrogen and oxygen atoms in total. The molecule has 2 rings (SSSR count). The van der Waals surface area contributed by atoms with Crippen molar-refractivity contribution in [2.24, 2.45) is 0 Å². The molecule has 1 atom stereocenters. The zero-order valence-corrected chi connectivity index (χ0v) is 16.6. The Morgan fingerprint density at radius 2 is 1.69 bits per heavy atom. The maximum Gasteiger partial charge on any atom is 0.338 e. The number of hydrogen-bond donors (Lipinski definition) is 2. The first-order valence-electron chi connectivity index (χ1n) is 9.50. The summed E-state index contributed by atoms with van der Waals surface area (Å²) in [5.41, 5.74) is 1.35. The van der Waals surface area contributed by atoms with Crippen molar-refractivity contribution in [2.75, 3.05) is 13.2 Å². The van der Waals surface area contributed by atoms with Crippen LogP contribution in [-0.4, -0.2) is 37.0 Å². The number of esters is 1. The normalized spacial score (nSPS) is 11.2. The monoisotopic (exact) mass is 398 g/mol. The van der Waals surface area contributed by atoms with E-state index < -0.39 is 24.5 Å². The minimum atomic E-state index is -0.700. The van der Waals surface area contributed by atoms with E-state index in [0.717, 1.165) is 12.0 Å². The molecule has 0 saturated carbocycles. The maximum absolute atomic E-state index is 12.1. The average molecular weight is 398 g/mol. The topological polar surface area (TPSA) is 93.7 Å². The Bertz CT molecular complexity index is 806. The first-order valence-corrected chi connectivity index (χ1v) is 9.50. The Kier molecular flexibility index (Phi) is 8.69. The molecular weight excluding hydrogens is 372 g/mol. The Balaban J connectivity index is 1.75. The summed E-state index contributed by atoms with van der Waals surface area (Å²) in [6.45, 7) is 4.01. The van der Waals surface area contributed by atoms with Gasteiger partial charge in [-0.3, -0.25) is 9.59 Å². The number of carbonyl (C=O) groups excluding carboxylic acids is 3. The summed E-state index contributed by atoms with van der Waals surface area (Å²) in [7, 11) is 0. The molecule has 0 fully saturated rings. The van der Waals surface area contributed by atoms with Gasteiger partial charge < -0.3 is 20.1 Å². The molecule has 0 radical (unpaired) electrons. The van der Waals surface area contributed by atoms with Gasteiger partial charge in [0.25, 0.3) is 5.91 Å². The summed E-state index contributed by atoms with van der Waals surface area (Å²) in [6, 6.07) is 15.5. The molecule has 2 amide bonds. The van der Waals surface area contributed by atoms with E-state index in [1.165, 1.54) is 0 Å². The molecule has 0 aromatic heterocycles. The molecule has 7 heteroatoms. The molecule has 154 valence electrons. The molecule has 2 aromatic rings. The van der Waals surface area contributed by atoms with Gasteiger partial charge in [-0.05, 0) is 43.2 Å². The maximum atomic E-state index is 12.1. The van der Waals surface area contributed by atoms with Crippen molar-refractivity contribution in [3.05, 3.63) is 65.7 Å². The highest BCUT2D eigenvalue weighted by Gasteiger charge is 2.16. The van der Waals surface area contributed by atoms with Crippen molar-refractivity contribution in [1.29, 1.82) is 0 Å². The zero-order valence-electron chi connectivity index (χ0n) is 16.6. The van der Waals surface area contributed by atoms with Gasteiger partial charge in [-0.25, -0.2) is 4.79 Å². The van der Waals surface area contributed by atoms with Gasteiger partial charge in [0.2, 0.25) is 5.91 Å². The third kappa shape index (κ3) is 7.65. The predicted molar refractivity (Wildman–Crippen MR) is 108 cm³/mol. The van der Waals surface area contributed by atoms with Crippen LogP contribution in [0.1, 0.15) is 36.2 Å². The molecule has 0 aliphatic heterocycles. The van der Waals surface area contributed by atoms with E-state index in [9.17, 15) is 14.4 Å². The standard InChI is InChI=1S/C22H26N2O5/c1-3-13-23-21(26)16(2)24-20(25)15-29-22(27)18-9-11-19(12-10-18)28-14-17-7-5-4-6-8-17/h4-12,16H,3,13-15H2,1-2H3,(H,23,26)(H,24,25)/t16-/m1/s1. The lowest BCUT2D eigenvalue weighted by molar-refractivity contribution is -0.130. The Morgan fingerprint density at radius 3 is 2.34 bits per heavy atom. The molecule has 0 bridgehead atoms. The van der Waals surface area contributed by atoms with Crippen LogP contribution in [0, 0.1) is 0 Å². The molecule has 0 aliphatic carbocycles. The molecule has 2 aromatic carbocycles. The largest absolute Gasteiger partial charge is 0.489 e. The number of rotatable bonds is 10. The van der Waals surface area contributed by atoms with Crippen LogP contribution in [0.2, 0.25) is 0 Å². The summed E-state index contributed by atoms with van der Waals surface area (Å²) in [5.74, 6) is -0.828. The van der Waals surface area contributed by atoms with Crippen LogP contribution in [0.5, 0.6) is 5.75 Å². The number of benzene rings is 2. The van der Waals surface area contributed by atoms with Gasteiger partial charge in [0.1, 0.15) is 18.4 Å². The van der Waals surface area contributed by atoms with Gasteiger partial charge in [-0.15, -0.1) is 0 Å². The highest BCUT2D eigenvalue weighted by atomic mass is 16.5. The van der Waals surface area contributed by atoms with Crippen molar-refractivity contribution in [1.82, 2.24) is 10.6 Å². The number of amides is 2. The van der Waals surface area contributed by atoms with Gasteiger partial charge in [0, 0.05) is 6.54 Å². The molecule has 0 spiro atoms. The zero-order chi connectivity index (χ0) is 21.1. The van der Waals surface area contributed by atoms with E-state index >= 15 is 0 Å². The van der Waals surface area contributed by atoms with Crippen molar-refractivity contribution in [3.63, 3.8) is 0 Å². The molecule has 0 saturated heterocycles. The van der Waals surface area contributed by atoms with E-state index in [4.69, 9.17) is 9.47 Å². The second-order valence-corrected chi connectivity index (χ2v) is 6.46. The lowest BCUT2D eigenvalue weighted by Gasteiger charge is -2.14. The molecule has 29 heavy (non-hydrogen) atoms. The SMILES string of the molecule is CCCNC(=O)[C@@H](C)NC(=O)COC(=O)c1ccc(OCc2ccccc2)cc1. The minimum Gasteiger partial charge on any atom is -0.489 e. The first kappa shape index (κ1) is 21.9.